The summed E-state index contributed by atoms with van der Waals surface area (Å²) < 4.78 is 0. The van der Waals surface area contributed by atoms with E-state index in [-0.39, 0.29) is 11.8 Å². The number of carbonyl (C=O) groups is 2. The molecule has 0 spiro atoms. The third-order valence-corrected chi connectivity index (χ3v) is 5.97. The number of aryl methyl sites for hydroxylation is 2. The molecule has 0 bridgehead atoms. The van der Waals surface area contributed by atoms with Crippen LogP contribution in [0.25, 0.3) is 0 Å². The largest absolute Gasteiger partial charge is 0.317 e. The van der Waals surface area contributed by atoms with Crippen LogP contribution in [0.2, 0.25) is 0 Å². The number of anilines is 1. The van der Waals surface area contributed by atoms with Crippen molar-refractivity contribution in [1.29, 1.82) is 0 Å². The average molecular weight is 398 g/mol. The second-order valence-electron chi connectivity index (χ2n) is 7.30. The second-order valence-corrected chi connectivity index (χ2v) is 8.41. The number of rotatable bonds is 6. The molecule has 1 aromatic carbocycles. The van der Waals surface area contributed by atoms with Crippen molar-refractivity contribution in [2.45, 2.75) is 58.8 Å². The van der Waals surface area contributed by atoms with Crippen molar-refractivity contribution in [3.63, 3.8) is 0 Å². The Bertz CT molecular complexity index is 867. The monoisotopic (exact) mass is 397 g/mol. The number of hydrogen-bond acceptors (Lipinski definition) is 4. The minimum atomic E-state index is -0.237. The van der Waals surface area contributed by atoms with E-state index in [9.17, 15) is 9.59 Å². The van der Waals surface area contributed by atoms with Gasteiger partial charge in [-0.2, -0.15) is 5.10 Å². The molecule has 0 unspecified atom stereocenters. The number of carbonyl (C=O) groups excluding carboxylic acids is 2. The van der Waals surface area contributed by atoms with Gasteiger partial charge >= 0.3 is 0 Å². The van der Waals surface area contributed by atoms with Gasteiger partial charge in [0.25, 0.3) is 5.91 Å². The molecule has 2 N–H and O–H groups in total. The van der Waals surface area contributed by atoms with E-state index in [1.807, 2.05) is 44.2 Å². The number of hydrazone groups is 1. The Labute approximate surface area is 170 Å². The number of amides is 2. The molecule has 6 heteroatoms. The lowest BCUT2D eigenvalue weighted by molar-refractivity contribution is -0.116. The quantitative estimate of drug-likeness (QED) is 0.421. The van der Waals surface area contributed by atoms with Gasteiger partial charge in [-0.3, -0.25) is 9.59 Å². The van der Waals surface area contributed by atoms with Gasteiger partial charge in [0.05, 0.1) is 5.56 Å². The van der Waals surface area contributed by atoms with Crippen LogP contribution in [-0.2, 0) is 24.1 Å². The van der Waals surface area contributed by atoms with E-state index in [2.05, 4.69) is 15.8 Å². The maximum absolute atomic E-state index is 12.8. The molecule has 0 aliphatic heterocycles. The van der Waals surface area contributed by atoms with Gasteiger partial charge in [-0.1, -0.05) is 36.8 Å². The molecule has 1 aliphatic carbocycles. The van der Waals surface area contributed by atoms with Crippen LogP contribution in [0.4, 0.5) is 5.00 Å². The molecule has 0 saturated carbocycles. The van der Waals surface area contributed by atoms with Crippen molar-refractivity contribution in [3.05, 3.63) is 51.9 Å². The Hall–Kier alpha value is -2.47. The van der Waals surface area contributed by atoms with Crippen molar-refractivity contribution in [2.24, 2.45) is 5.10 Å². The van der Waals surface area contributed by atoms with Gasteiger partial charge in [0.2, 0.25) is 5.91 Å². The standard InChI is InChI=1S/C22H27N3O2S/c1-15(2)24-25-21(27)20-17-11-7-4-8-12-18(17)28-22(20)23-19(26)14-13-16-9-5-3-6-10-16/h3,5-6,9-10H,4,7-8,11-14H2,1-2H3,(H,23,26)(H,25,27). The summed E-state index contributed by atoms with van der Waals surface area (Å²) in [5.41, 5.74) is 6.22. The summed E-state index contributed by atoms with van der Waals surface area (Å²) in [5, 5.41) is 7.71. The number of nitrogens with one attached hydrogen (secondary N) is 2. The zero-order chi connectivity index (χ0) is 19.9. The van der Waals surface area contributed by atoms with Crippen molar-refractivity contribution in [1.82, 2.24) is 5.43 Å². The Morgan fingerprint density at radius 3 is 2.57 bits per heavy atom. The summed E-state index contributed by atoms with van der Waals surface area (Å²) >= 11 is 1.55. The molecule has 28 heavy (non-hydrogen) atoms. The Morgan fingerprint density at radius 1 is 1.07 bits per heavy atom. The minimum absolute atomic E-state index is 0.0653. The number of nitrogens with zero attached hydrogens (tertiary/aromatic N) is 1. The molecular formula is C22H27N3O2S. The number of benzene rings is 1. The van der Waals surface area contributed by atoms with E-state index in [4.69, 9.17) is 0 Å². The van der Waals surface area contributed by atoms with E-state index < -0.39 is 0 Å². The molecule has 1 aliphatic rings. The first kappa shape index (κ1) is 20.3. The van der Waals surface area contributed by atoms with Crippen molar-refractivity contribution in [2.75, 3.05) is 5.32 Å². The first-order chi connectivity index (χ1) is 13.5. The first-order valence-electron chi connectivity index (χ1n) is 9.84. The van der Waals surface area contributed by atoms with Gasteiger partial charge in [-0.05, 0) is 57.1 Å². The smallest absolute Gasteiger partial charge is 0.274 e. The lowest BCUT2D eigenvalue weighted by Crippen LogP contribution is -2.22. The number of thiophene rings is 1. The van der Waals surface area contributed by atoms with Gasteiger partial charge in [-0.15, -0.1) is 11.3 Å². The van der Waals surface area contributed by atoms with Crippen LogP contribution in [0.15, 0.2) is 35.4 Å². The van der Waals surface area contributed by atoms with E-state index in [0.29, 0.717) is 23.4 Å². The van der Waals surface area contributed by atoms with Gasteiger partial charge in [-0.25, -0.2) is 5.43 Å². The van der Waals surface area contributed by atoms with Crippen molar-refractivity contribution >= 4 is 33.9 Å². The predicted octanol–water partition coefficient (Wildman–Crippen LogP) is 4.71. The second kappa shape index (κ2) is 9.64. The van der Waals surface area contributed by atoms with Crippen LogP contribution in [0.1, 0.15) is 65.9 Å². The van der Waals surface area contributed by atoms with Gasteiger partial charge in [0.15, 0.2) is 0 Å². The Morgan fingerprint density at radius 2 is 1.82 bits per heavy atom. The topological polar surface area (TPSA) is 70.6 Å². The molecule has 0 fully saturated rings. The zero-order valence-corrected chi connectivity index (χ0v) is 17.3. The lowest BCUT2D eigenvalue weighted by Gasteiger charge is -2.08. The highest BCUT2D eigenvalue weighted by molar-refractivity contribution is 7.17. The van der Waals surface area contributed by atoms with E-state index in [0.717, 1.165) is 42.5 Å². The molecule has 2 aromatic rings. The van der Waals surface area contributed by atoms with Crippen LogP contribution in [-0.4, -0.2) is 17.5 Å². The molecular weight excluding hydrogens is 370 g/mol. The third kappa shape index (κ3) is 5.29. The maximum atomic E-state index is 12.8. The Kier molecular flexibility index (Phi) is 6.98. The highest BCUT2D eigenvalue weighted by Crippen LogP contribution is 2.37. The maximum Gasteiger partial charge on any atom is 0.274 e. The summed E-state index contributed by atoms with van der Waals surface area (Å²) in [4.78, 5) is 26.6. The fourth-order valence-corrected chi connectivity index (χ4v) is 4.68. The van der Waals surface area contributed by atoms with Crippen molar-refractivity contribution < 1.29 is 9.59 Å². The Balaban J connectivity index is 1.78. The minimum Gasteiger partial charge on any atom is -0.317 e. The van der Waals surface area contributed by atoms with E-state index >= 15 is 0 Å². The number of fused-ring (bicyclic) bond motifs is 1. The molecule has 5 nitrogen and oxygen atoms in total. The molecule has 1 aromatic heterocycles. The van der Waals surface area contributed by atoms with Crippen LogP contribution in [0.5, 0.6) is 0 Å². The number of hydrogen-bond donors (Lipinski definition) is 2. The fraction of sp³-hybridized carbons (Fsp3) is 0.409. The summed E-state index contributed by atoms with van der Waals surface area (Å²) in [7, 11) is 0. The summed E-state index contributed by atoms with van der Waals surface area (Å²) in [5.74, 6) is -0.302. The SMILES string of the molecule is CC(C)=NNC(=O)c1c(NC(=O)CCc2ccccc2)sc2c1CCCCC2. The fourth-order valence-electron chi connectivity index (χ4n) is 3.38. The highest BCUT2D eigenvalue weighted by Gasteiger charge is 2.25. The van der Waals surface area contributed by atoms with Crippen LogP contribution >= 0.6 is 11.3 Å². The molecule has 0 radical (unpaired) electrons. The molecule has 2 amide bonds. The first-order valence-corrected chi connectivity index (χ1v) is 10.7. The van der Waals surface area contributed by atoms with Crippen molar-refractivity contribution in [3.8, 4) is 0 Å². The lowest BCUT2D eigenvalue weighted by atomic mass is 10.0. The molecule has 148 valence electrons. The van der Waals surface area contributed by atoms with Crippen LogP contribution in [0, 0.1) is 0 Å². The van der Waals surface area contributed by atoms with Gasteiger partial charge < -0.3 is 5.32 Å². The summed E-state index contributed by atoms with van der Waals surface area (Å²) in [6, 6.07) is 9.95. The predicted molar refractivity (Wildman–Crippen MR) is 115 cm³/mol. The average Bonchev–Trinajstić information content (AvgIpc) is 2.85. The normalized spacial score (nSPS) is 13.2. The van der Waals surface area contributed by atoms with Crippen LogP contribution in [0.3, 0.4) is 0 Å². The van der Waals surface area contributed by atoms with Crippen LogP contribution < -0.4 is 10.7 Å². The summed E-state index contributed by atoms with van der Waals surface area (Å²) in [6.45, 7) is 3.67. The molecule has 0 atom stereocenters. The van der Waals surface area contributed by atoms with Gasteiger partial charge in [0, 0.05) is 17.0 Å². The molecule has 1 heterocycles. The zero-order valence-electron chi connectivity index (χ0n) is 16.5. The van der Waals surface area contributed by atoms with Gasteiger partial charge in [0.1, 0.15) is 5.00 Å². The van der Waals surface area contributed by atoms with E-state index in [1.165, 1.54) is 11.3 Å². The summed E-state index contributed by atoms with van der Waals surface area (Å²) in [6.07, 6.45) is 6.29. The third-order valence-electron chi connectivity index (χ3n) is 4.77. The highest BCUT2D eigenvalue weighted by atomic mass is 32.1. The molecule has 0 saturated heterocycles. The van der Waals surface area contributed by atoms with E-state index in [1.54, 1.807) is 11.3 Å². The molecule has 3 rings (SSSR count).